The van der Waals surface area contributed by atoms with Gasteiger partial charge in [-0.25, -0.2) is 0 Å². The number of aromatic nitrogens is 1. The van der Waals surface area contributed by atoms with Crippen LogP contribution in [0.3, 0.4) is 0 Å². The zero-order valence-electron chi connectivity index (χ0n) is 11.9. The minimum absolute atomic E-state index is 0.690. The molecule has 0 spiro atoms. The van der Waals surface area contributed by atoms with Gasteiger partial charge in [0.25, 0.3) is 0 Å². The molecule has 2 heterocycles. The normalized spacial score (nSPS) is 18.4. The first-order valence-corrected chi connectivity index (χ1v) is 7.40. The number of piperazine rings is 1. The molecule has 1 atom stereocenters. The summed E-state index contributed by atoms with van der Waals surface area (Å²) in [6, 6.07) is 4.87. The lowest BCUT2D eigenvalue weighted by molar-refractivity contribution is 0.176. The number of rotatable bonds is 7. The number of hydrogen-bond donors (Lipinski definition) is 2. The Hall–Kier alpha value is -0.970. The Morgan fingerprint density at radius 3 is 2.74 bits per heavy atom. The number of nitrogens with zero attached hydrogens (tertiary/aromatic N) is 2. The summed E-state index contributed by atoms with van der Waals surface area (Å²) in [6.07, 6.45) is 6.05. The van der Waals surface area contributed by atoms with Gasteiger partial charge in [0.1, 0.15) is 0 Å². The van der Waals surface area contributed by atoms with Gasteiger partial charge in [-0.3, -0.25) is 9.88 Å². The van der Waals surface area contributed by atoms with E-state index in [1.165, 1.54) is 25.1 Å². The highest BCUT2D eigenvalue weighted by atomic mass is 15.2. The summed E-state index contributed by atoms with van der Waals surface area (Å²) in [7, 11) is 0. The first-order valence-electron chi connectivity index (χ1n) is 7.40. The Bertz CT molecular complexity index is 335. The van der Waals surface area contributed by atoms with Crippen molar-refractivity contribution in [2.45, 2.75) is 25.8 Å². The van der Waals surface area contributed by atoms with E-state index in [0.717, 1.165) is 32.6 Å². The molecular formula is C15H26N4. The van der Waals surface area contributed by atoms with Crippen LogP contribution >= 0.6 is 0 Å². The van der Waals surface area contributed by atoms with Crippen molar-refractivity contribution in [1.29, 1.82) is 0 Å². The van der Waals surface area contributed by atoms with E-state index in [4.69, 9.17) is 0 Å². The van der Waals surface area contributed by atoms with Crippen molar-refractivity contribution < 1.29 is 0 Å². The zero-order valence-corrected chi connectivity index (χ0v) is 11.9. The molecule has 1 aliphatic rings. The van der Waals surface area contributed by atoms with Crippen LogP contribution in [0.5, 0.6) is 0 Å². The quantitative estimate of drug-likeness (QED) is 0.716. The molecule has 0 bridgehead atoms. The Labute approximate surface area is 116 Å². The van der Waals surface area contributed by atoms with Gasteiger partial charge in [-0.1, -0.05) is 0 Å². The van der Waals surface area contributed by atoms with Crippen molar-refractivity contribution in [1.82, 2.24) is 20.5 Å². The molecule has 4 heteroatoms. The van der Waals surface area contributed by atoms with E-state index in [1.807, 2.05) is 12.4 Å². The molecule has 4 nitrogen and oxygen atoms in total. The van der Waals surface area contributed by atoms with Gasteiger partial charge in [-0.05, 0) is 50.6 Å². The monoisotopic (exact) mass is 262 g/mol. The van der Waals surface area contributed by atoms with Crippen molar-refractivity contribution >= 4 is 0 Å². The summed E-state index contributed by atoms with van der Waals surface area (Å²) in [5, 5.41) is 6.94. The van der Waals surface area contributed by atoms with Crippen molar-refractivity contribution in [3.8, 4) is 0 Å². The molecule has 1 aromatic heterocycles. The standard InChI is InChI=1S/C15H26N4/c1-14(19-12-10-18-11-13-19)2-6-16-7-3-15-4-8-17-9-5-15/h4-5,8-9,14,16,18H,2-3,6-7,10-13H2,1H3. The minimum atomic E-state index is 0.690. The first kappa shape index (κ1) is 14.4. The second-order valence-electron chi connectivity index (χ2n) is 5.28. The van der Waals surface area contributed by atoms with Gasteiger partial charge in [-0.2, -0.15) is 0 Å². The molecule has 1 saturated heterocycles. The topological polar surface area (TPSA) is 40.2 Å². The second kappa shape index (κ2) is 8.25. The van der Waals surface area contributed by atoms with Crippen molar-refractivity contribution in [3.05, 3.63) is 30.1 Å². The van der Waals surface area contributed by atoms with Crippen LogP contribution in [0, 0.1) is 0 Å². The van der Waals surface area contributed by atoms with E-state index >= 15 is 0 Å². The van der Waals surface area contributed by atoms with Gasteiger partial charge in [0, 0.05) is 44.6 Å². The van der Waals surface area contributed by atoms with Gasteiger partial charge in [-0.15, -0.1) is 0 Å². The van der Waals surface area contributed by atoms with E-state index < -0.39 is 0 Å². The predicted octanol–water partition coefficient (Wildman–Crippen LogP) is 0.898. The third-order valence-corrected chi connectivity index (χ3v) is 3.85. The van der Waals surface area contributed by atoms with Crippen LogP contribution in [0.15, 0.2) is 24.5 Å². The van der Waals surface area contributed by atoms with E-state index in [-0.39, 0.29) is 0 Å². The van der Waals surface area contributed by atoms with E-state index in [9.17, 15) is 0 Å². The lowest BCUT2D eigenvalue weighted by atomic mass is 10.1. The highest BCUT2D eigenvalue weighted by Crippen LogP contribution is 2.04. The van der Waals surface area contributed by atoms with E-state index in [0.29, 0.717) is 6.04 Å². The lowest BCUT2D eigenvalue weighted by Crippen LogP contribution is -2.48. The third kappa shape index (κ3) is 5.27. The molecule has 1 aromatic rings. The van der Waals surface area contributed by atoms with Crippen molar-refractivity contribution in [3.63, 3.8) is 0 Å². The minimum Gasteiger partial charge on any atom is -0.316 e. The third-order valence-electron chi connectivity index (χ3n) is 3.85. The van der Waals surface area contributed by atoms with Crippen LogP contribution < -0.4 is 10.6 Å². The fraction of sp³-hybridized carbons (Fsp3) is 0.667. The van der Waals surface area contributed by atoms with Gasteiger partial charge >= 0.3 is 0 Å². The average Bonchev–Trinajstić information content (AvgIpc) is 2.49. The molecule has 0 saturated carbocycles. The summed E-state index contributed by atoms with van der Waals surface area (Å²) in [4.78, 5) is 6.62. The second-order valence-corrected chi connectivity index (χ2v) is 5.28. The van der Waals surface area contributed by atoms with Crippen LogP contribution in [-0.4, -0.2) is 55.2 Å². The predicted molar refractivity (Wildman–Crippen MR) is 79.3 cm³/mol. The van der Waals surface area contributed by atoms with Crippen molar-refractivity contribution in [2.24, 2.45) is 0 Å². The Kier molecular flexibility index (Phi) is 6.27. The summed E-state index contributed by atoms with van der Waals surface area (Å²) in [5.41, 5.74) is 1.36. The Balaban J connectivity index is 1.54. The molecule has 2 rings (SSSR count). The van der Waals surface area contributed by atoms with Crippen LogP contribution in [-0.2, 0) is 6.42 Å². The van der Waals surface area contributed by atoms with Crippen LogP contribution in [0.25, 0.3) is 0 Å². The highest BCUT2D eigenvalue weighted by Gasteiger charge is 2.15. The molecule has 0 aliphatic carbocycles. The largest absolute Gasteiger partial charge is 0.316 e. The van der Waals surface area contributed by atoms with E-state index in [2.05, 4.69) is 39.6 Å². The van der Waals surface area contributed by atoms with Crippen molar-refractivity contribution in [2.75, 3.05) is 39.3 Å². The maximum Gasteiger partial charge on any atom is 0.0270 e. The van der Waals surface area contributed by atoms with Gasteiger partial charge in [0.15, 0.2) is 0 Å². The van der Waals surface area contributed by atoms with E-state index in [1.54, 1.807) is 0 Å². The highest BCUT2D eigenvalue weighted by molar-refractivity contribution is 5.09. The molecule has 106 valence electrons. The Morgan fingerprint density at radius 2 is 2.00 bits per heavy atom. The first-order chi connectivity index (χ1) is 9.36. The summed E-state index contributed by atoms with van der Waals surface area (Å²) < 4.78 is 0. The van der Waals surface area contributed by atoms with Crippen LogP contribution in [0.2, 0.25) is 0 Å². The molecule has 0 amide bonds. The summed E-state index contributed by atoms with van der Waals surface area (Å²) >= 11 is 0. The summed E-state index contributed by atoms with van der Waals surface area (Å²) in [6.45, 7) is 9.17. The summed E-state index contributed by atoms with van der Waals surface area (Å²) in [5.74, 6) is 0. The fourth-order valence-electron chi connectivity index (χ4n) is 2.52. The molecule has 1 unspecified atom stereocenters. The SMILES string of the molecule is CC(CCNCCc1ccncc1)N1CCNCC1. The molecule has 19 heavy (non-hydrogen) atoms. The maximum absolute atomic E-state index is 4.03. The number of pyridine rings is 1. The maximum atomic E-state index is 4.03. The fourth-order valence-corrected chi connectivity index (χ4v) is 2.52. The number of hydrogen-bond acceptors (Lipinski definition) is 4. The molecule has 0 aromatic carbocycles. The van der Waals surface area contributed by atoms with Gasteiger partial charge < -0.3 is 10.6 Å². The zero-order chi connectivity index (χ0) is 13.3. The molecule has 1 aliphatic heterocycles. The molecule has 0 radical (unpaired) electrons. The molecule has 1 fully saturated rings. The molecular weight excluding hydrogens is 236 g/mol. The van der Waals surface area contributed by atoms with Gasteiger partial charge in [0.05, 0.1) is 0 Å². The van der Waals surface area contributed by atoms with Gasteiger partial charge in [0.2, 0.25) is 0 Å². The average molecular weight is 262 g/mol. The molecule has 2 N–H and O–H groups in total. The van der Waals surface area contributed by atoms with Crippen LogP contribution in [0.4, 0.5) is 0 Å². The van der Waals surface area contributed by atoms with Crippen LogP contribution in [0.1, 0.15) is 18.9 Å². The Morgan fingerprint density at radius 1 is 1.26 bits per heavy atom. The smallest absolute Gasteiger partial charge is 0.0270 e. The lowest BCUT2D eigenvalue weighted by Gasteiger charge is -2.32. The number of nitrogens with one attached hydrogen (secondary N) is 2.